The van der Waals surface area contributed by atoms with Gasteiger partial charge in [0.15, 0.2) is 0 Å². The highest BCUT2D eigenvalue weighted by molar-refractivity contribution is 7.28. The van der Waals surface area contributed by atoms with Crippen LogP contribution < -0.4 is 29.5 Å². The number of nitriles is 2. The second-order valence-electron chi connectivity index (χ2n) is 40.7. The van der Waals surface area contributed by atoms with Crippen LogP contribution in [-0.2, 0) is 38.8 Å². The van der Waals surface area contributed by atoms with Crippen molar-refractivity contribution in [1.29, 1.82) is 10.5 Å². The molecule has 782 valence electrons. The number of rotatable bonds is 62. The Morgan fingerprint density at radius 3 is 0.912 bits per heavy atom. The largest absolute Gasteiger partial charge is 0.354 e. The third-order valence-corrected chi connectivity index (χ3v) is 38.9. The van der Waals surface area contributed by atoms with Gasteiger partial charge in [0.2, 0.25) is 0 Å². The van der Waals surface area contributed by atoms with Crippen molar-refractivity contribution < 1.29 is 0 Å². The molecule has 2 aliphatic rings. The number of aryl methyl sites for hydroxylation is 4. The van der Waals surface area contributed by atoms with Gasteiger partial charge in [-0.1, -0.05) is 336 Å². The van der Waals surface area contributed by atoms with E-state index in [0.717, 1.165) is 230 Å². The summed E-state index contributed by atoms with van der Waals surface area (Å²) in [4.78, 5) is 69.7. The number of hydrogen-bond acceptors (Lipinski definition) is 14. The standard InChI is InChI=1S/C128H160N10O2S8/c1-13-23-31-39-43-45-49-57-61-91(59-55-47-41-33-25-15-3)119-107-75-71-103(133-107)101(69-67-97-83-93(63-51-35-27-17-5)121(141-97)113-79-81-115(145-113)123-95(65-53-37-29-19-7)85-99(143-123)87-117-125(139)137(21-9)127(147-117)111(89-129)131-11)105-73-77-109(135-105)120(92(60-56-48-42-34-26-16-4)62-58-50-46-44-40-32-24-14-2)110-78-74-106(136-110)102(104-72-76-108(119)134-104)70-68-98-84-94(64-52-36-28-18-6)122(142-98)114-80-82-116(146-114)124-96(66-54-38-30-20-8)86-100(144-124)88-118-126(140)138(22-10)128(148-118)112(90-130)132-12/h71-88,91-92,133,136H,13-66H2,1-10H3/b103-101?,104-102?,105-101?,106-102?,117-87-,118-88-,119-107?,119-108?,120-109?,120-110?,127-111-,128-112+. The van der Waals surface area contributed by atoms with Crippen molar-refractivity contribution in [2.24, 2.45) is 0 Å². The molecule has 0 aliphatic carbocycles. The van der Waals surface area contributed by atoms with Crippen LogP contribution in [0.25, 0.3) is 119 Å². The van der Waals surface area contributed by atoms with E-state index in [4.69, 9.17) is 23.1 Å². The quantitative estimate of drug-likeness (QED) is 0.0219. The highest BCUT2D eigenvalue weighted by Gasteiger charge is 2.27. The summed E-state index contributed by atoms with van der Waals surface area (Å²) in [6.07, 6.45) is 74.4. The Labute approximate surface area is 916 Å². The summed E-state index contributed by atoms with van der Waals surface area (Å²) < 4.78 is 5.05. The van der Waals surface area contributed by atoms with E-state index in [9.17, 15) is 20.1 Å². The molecular weight excluding hydrogens is 1970 g/mol. The fraction of sp³-hybridized carbons (Fsp3) is 0.516. The number of fused-ring (bicyclic) bond motifs is 8. The summed E-state index contributed by atoms with van der Waals surface area (Å²) in [5.74, 6) is 16.3. The van der Waals surface area contributed by atoms with Gasteiger partial charge in [0.05, 0.1) is 89.0 Å². The maximum absolute atomic E-state index is 14.0. The van der Waals surface area contributed by atoms with Crippen LogP contribution in [0.5, 0.6) is 0 Å². The minimum Gasteiger partial charge on any atom is -0.354 e. The van der Waals surface area contributed by atoms with Crippen molar-refractivity contribution in [3.8, 4) is 74.8 Å². The van der Waals surface area contributed by atoms with E-state index in [2.05, 4.69) is 196 Å². The molecule has 148 heavy (non-hydrogen) atoms. The molecule has 13 rings (SSSR count). The van der Waals surface area contributed by atoms with Gasteiger partial charge in [0, 0.05) is 84.0 Å². The number of thiazole rings is 2. The summed E-state index contributed by atoms with van der Waals surface area (Å²) in [5.41, 5.74) is 17.0. The molecule has 0 saturated heterocycles. The van der Waals surface area contributed by atoms with Crippen LogP contribution in [-0.4, -0.2) is 29.1 Å². The highest BCUT2D eigenvalue weighted by Crippen LogP contribution is 2.48. The monoisotopic (exact) mass is 2130 g/mol. The maximum Gasteiger partial charge on any atom is 0.294 e. The number of aromatic nitrogens is 6. The number of unbranched alkanes of at least 4 members (excludes halogenated alkanes) is 36. The average Bonchev–Trinajstić information content (AvgIpc) is 1.62. The molecule has 13 heterocycles. The molecule has 12 nitrogen and oxygen atoms in total. The van der Waals surface area contributed by atoms with E-state index in [1.807, 2.05) is 83.5 Å². The van der Waals surface area contributed by atoms with E-state index in [0.29, 0.717) is 31.5 Å². The topological polar surface area (TPSA) is 158 Å². The van der Waals surface area contributed by atoms with Crippen molar-refractivity contribution in [2.75, 3.05) is 0 Å². The van der Waals surface area contributed by atoms with Gasteiger partial charge in [-0.25, -0.2) is 30.2 Å². The molecule has 0 aromatic carbocycles. The van der Waals surface area contributed by atoms with Gasteiger partial charge in [0.1, 0.15) is 9.33 Å². The fourth-order valence-corrected chi connectivity index (χ4v) is 30.5. The number of thiophene rings is 6. The fourth-order valence-electron chi connectivity index (χ4n) is 21.1. The van der Waals surface area contributed by atoms with Gasteiger partial charge in [-0.15, -0.1) is 90.7 Å². The number of nitrogens with one attached hydrogen (secondary N) is 2. The lowest BCUT2D eigenvalue weighted by molar-refractivity contribution is 0.485. The first-order valence-electron chi connectivity index (χ1n) is 57.1. The van der Waals surface area contributed by atoms with Crippen LogP contribution in [0, 0.1) is 59.5 Å². The van der Waals surface area contributed by atoms with Gasteiger partial charge in [-0.05, 0) is 234 Å². The second-order valence-corrected chi connectivity index (χ2v) is 49.2. The zero-order chi connectivity index (χ0) is 104. The Morgan fingerprint density at radius 1 is 0.338 bits per heavy atom. The smallest absolute Gasteiger partial charge is 0.294 e. The number of aromatic amines is 2. The summed E-state index contributed by atoms with van der Waals surface area (Å²) in [5, 5.41) is 19.9. The van der Waals surface area contributed by atoms with Gasteiger partial charge in [-0.3, -0.25) is 9.59 Å². The first-order chi connectivity index (χ1) is 72.7. The lowest BCUT2D eigenvalue weighted by atomic mass is 9.87. The van der Waals surface area contributed by atoms with E-state index < -0.39 is 0 Å². The summed E-state index contributed by atoms with van der Waals surface area (Å²) >= 11 is 13.3. The Morgan fingerprint density at radius 2 is 0.615 bits per heavy atom. The van der Waals surface area contributed by atoms with Gasteiger partial charge >= 0.3 is 0 Å². The molecule has 8 bridgehead atoms. The van der Waals surface area contributed by atoms with Crippen LogP contribution in [0.15, 0.2) is 82.4 Å². The molecule has 0 spiro atoms. The SMILES string of the molecule is [C-]#[N+]/C(C#N)=c1\s/c(=C\c2cc(CCCCCC)c(-c3ccc(-c4sc(C#Cc5c6nc(c(C(CCCCCCCC)CCCCCCCCCC)c7ccc([nH]7)c(C#Cc7cc(CCCCCC)c(-c8ccc(-c9sc(/C=c%10\s/c(=C(\C#N)[N+]#[C-])n(CC)c%10=O)cc9CCCCCC)s8)s7)c7nc(c(C(CCCCCCCC)CCCCCCCCCC)c8ccc5[nH]8)C=C7)C=C6)cc4CCCCCC)s3)s2)c(=O)n1CC. The summed E-state index contributed by atoms with van der Waals surface area (Å²) in [6.45, 7) is 38.5. The summed E-state index contributed by atoms with van der Waals surface area (Å²) in [6, 6.07) is 32.1. The van der Waals surface area contributed by atoms with Crippen molar-refractivity contribution in [3.05, 3.63) is 222 Å². The third-order valence-electron chi connectivity index (χ3n) is 29.3. The molecule has 11 aromatic rings. The molecule has 2 aliphatic heterocycles. The number of hydrogen-bond donors (Lipinski definition) is 2. The predicted molar refractivity (Wildman–Crippen MR) is 645 cm³/mol. The Kier molecular flexibility index (Phi) is 48.5. The highest BCUT2D eigenvalue weighted by atomic mass is 32.1. The zero-order valence-corrected chi connectivity index (χ0v) is 96.9. The van der Waals surface area contributed by atoms with Crippen molar-refractivity contribution in [2.45, 2.75) is 428 Å². The van der Waals surface area contributed by atoms with Gasteiger partial charge in [-0.2, -0.15) is 0 Å². The van der Waals surface area contributed by atoms with Crippen LogP contribution in [0.3, 0.4) is 0 Å². The second kappa shape index (κ2) is 62.3. The molecule has 0 amide bonds. The van der Waals surface area contributed by atoms with Gasteiger partial charge in [0.25, 0.3) is 22.5 Å². The number of H-pyrrole nitrogens is 2. The molecular formula is C128H160N10O2S8. The summed E-state index contributed by atoms with van der Waals surface area (Å²) in [7, 11) is 0. The third kappa shape index (κ3) is 32.2. The van der Waals surface area contributed by atoms with Crippen LogP contribution in [0.2, 0.25) is 0 Å². The van der Waals surface area contributed by atoms with Crippen molar-refractivity contribution in [3.63, 3.8) is 0 Å². The van der Waals surface area contributed by atoms with Crippen LogP contribution in [0.1, 0.15) is 476 Å². The van der Waals surface area contributed by atoms with Crippen molar-refractivity contribution >= 4 is 161 Å². The number of nitrogens with zero attached hydrogens (tertiary/aromatic N) is 8. The molecule has 0 fully saturated rings. The van der Waals surface area contributed by atoms with Crippen LogP contribution in [0.4, 0.5) is 0 Å². The molecule has 20 heteroatoms. The first-order valence-corrected chi connectivity index (χ1v) is 63.6. The van der Waals surface area contributed by atoms with Crippen molar-refractivity contribution in [1.82, 2.24) is 29.1 Å². The minimum absolute atomic E-state index is 0.0526. The Hall–Kier alpha value is -9.78. The average molecular weight is 2130 g/mol. The van der Waals surface area contributed by atoms with E-state index in [1.54, 1.807) is 31.8 Å². The first kappa shape index (κ1) is 115. The van der Waals surface area contributed by atoms with E-state index >= 15 is 0 Å². The van der Waals surface area contributed by atoms with Crippen LogP contribution >= 0.6 is 90.7 Å². The molecule has 2 atom stereocenters. The predicted octanol–water partition coefficient (Wildman–Crippen LogP) is 37.0. The molecule has 2 unspecified atom stereocenters. The molecule has 0 saturated carbocycles. The molecule has 2 N–H and O–H groups in total. The van der Waals surface area contributed by atoms with E-state index in [1.165, 1.54) is 275 Å². The molecule has 11 aromatic heterocycles. The Bertz CT molecular complexity index is 6690. The van der Waals surface area contributed by atoms with E-state index in [-0.39, 0.29) is 34.3 Å². The lowest BCUT2D eigenvalue weighted by Gasteiger charge is -2.19. The zero-order valence-electron chi connectivity index (χ0n) is 90.4. The normalized spacial score (nSPS) is 12.9. The minimum atomic E-state index is -0.165. The van der Waals surface area contributed by atoms with Gasteiger partial charge < -0.3 is 19.1 Å². The molecule has 0 radical (unpaired) electrons. The lowest BCUT2D eigenvalue weighted by Crippen LogP contribution is -2.31. The Balaban J connectivity index is 1.00. The maximum atomic E-state index is 14.0.